The molecule has 1 aliphatic rings. The minimum absolute atomic E-state index is 0.0298. The molecule has 4 nitrogen and oxygen atoms in total. The first-order chi connectivity index (χ1) is 11.2. The Hall–Kier alpha value is -1.88. The molecule has 1 aliphatic heterocycles. The second-order valence-electron chi connectivity index (χ2n) is 6.90. The second kappa shape index (κ2) is 5.59. The van der Waals surface area contributed by atoms with Gasteiger partial charge in [-0.1, -0.05) is 11.3 Å². The quantitative estimate of drug-likeness (QED) is 0.801. The van der Waals surface area contributed by atoms with E-state index in [4.69, 9.17) is 4.74 Å². The van der Waals surface area contributed by atoms with E-state index >= 15 is 0 Å². The SMILES string of the molecule is Cc1sc[n+](C(=O)C2(C)CCc3c(C)c(O)c(C)c(C)c3O2)c1C. The molecule has 1 aromatic heterocycles. The van der Waals surface area contributed by atoms with Gasteiger partial charge in [-0.25, -0.2) is 4.79 Å². The van der Waals surface area contributed by atoms with Crippen LogP contribution in [0.3, 0.4) is 0 Å². The number of rotatable bonds is 1. The summed E-state index contributed by atoms with van der Waals surface area (Å²) in [5.74, 6) is 1.07. The monoisotopic (exact) mass is 346 g/mol. The van der Waals surface area contributed by atoms with E-state index in [2.05, 4.69) is 0 Å². The van der Waals surface area contributed by atoms with Crippen LogP contribution in [0, 0.1) is 34.6 Å². The highest BCUT2D eigenvalue weighted by Gasteiger charge is 2.47. The molecule has 3 rings (SSSR count). The summed E-state index contributed by atoms with van der Waals surface area (Å²) in [6, 6.07) is 0. The number of ether oxygens (including phenoxy) is 1. The van der Waals surface area contributed by atoms with Gasteiger partial charge in [-0.2, -0.15) is 0 Å². The van der Waals surface area contributed by atoms with Gasteiger partial charge in [0, 0.05) is 18.9 Å². The van der Waals surface area contributed by atoms with E-state index in [1.807, 2.05) is 47.1 Å². The molecule has 0 bridgehead atoms. The van der Waals surface area contributed by atoms with E-state index in [1.165, 1.54) is 0 Å². The Bertz CT molecular complexity index is 853. The van der Waals surface area contributed by atoms with Gasteiger partial charge in [0.05, 0.1) is 4.88 Å². The highest BCUT2D eigenvalue weighted by Crippen LogP contribution is 2.43. The molecule has 1 atom stereocenters. The van der Waals surface area contributed by atoms with Gasteiger partial charge < -0.3 is 9.84 Å². The van der Waals surface area contributed by atoms with Gasteiger partial charge in [0.15, 0.2) is 0 Å². The number of carbonyl (C=O) groups is 1. The van der Waals surface area contributed by atoms with E-state index in [0.29, 0.717) is 12.2 Å². The first kappa shape index (κ1) is 17.0. The molecule has 1 aromatic carbocycles. The molecule has 0 saturated heterocycles. The Kier molecular flexibility index (Phi) is 3.95. The summed E-state index contributed by atoms with van der Waals surface area (Å²) >= 11 is 1.57. The number of carbonyl (C=O) groups excluding carboxylic acids is 1. The molecule has 2 heterocycles. The molecule has 0 saturated carbocycles. The van der Waals surface area contributed by atoms with Gasteiger partial charge in [-0.05, 0) is 57.7 Å². The minimum atomic E-state index is -0.892. The van der Waals surface area contributed by atoms with Crippen LogP contribution in [0.5, 0.6) is 11.5 Å². The number of hydrogen-bond donors (Lipinski definition) is 1. The predicted molar refractivity (Wildman–Crippen MR) is 94.3 cm³/mol. The average molecular weight is 346 g/mol. The van der Waals surface area contributed by atoms with Crippen molar-refractivity contribution < 1.29 is 19.2 Å². The van der Waals surface area contributed by atoms with Gasteiger partial charge in [0.1, 0.15) is 11.5 Å². The van der Waals surface area contributed by atoms with E-state index in [1.54, 1.807) is 15.9 Å². The molecule has 0 aliphatic carbocycles. The standard InChI is InChI=1S/C19H23NO3S/c1-10-11(2)17-15(12(3)16(10)21)7-8-19(6,23-17)18(22)20-9-24-14(5)13(20)4/h9H,7-8H2,1-6H3/p+1. The van der Waals surface area contributed by atoms with Crippen LogP contribution in [0.2, 0.25) is 0 Å². The van der Waals surface area contributed by atoms with Crippen molar-refractivity contribution in [1.29, 1.82) is 0 Å². The van der Waals surface area contributed by atoms with Gasteiger partial charge in [0.2, 0.25) is 16.8 Å². The van der Waals surface area contributed by atoms with Gasteiger partial charge in [-0.15, -0.1) is 4.57 Å². The highest BCUT2D eigenvalue weighted by molar-refractivity contribution is 7.09. The zero-order valence-corrected chi connectivity index (χ0v) is 15.9. The zero-order chi connectivity index (χ0) is 17.8. The lowest BCUT2D eigenvalue weighted by Gasteiger charge is -2.34. The average Bonchev–Trinajstić information content (AvgIpc) is 2.89. The number of aryl methyl sites for hydroxylation is 1. The summed E-state index contributed by atoms with van der Waals surface area (Å²) in [5, 5.41) is 10.3. The normalized spacial score (nSPS) is 19.8. The fourth-order valence-electron chi connectivity index (χ4n) is 3.32. The summed E-state index contributed by atoms with van der Waals surface area (Å²) in [6.07, 6.45) is 1.32. The van der Waals surface area contributed by atoms with E-state index in [9.17, 15) is 9.90 Å². The van der Waals surface area contributed by atoms with Crippen molar-refractivity contribution in [3.63, 3.8) is 0 Å². The molecule has 0 spiro atoms. The van der Waals surface area contributed by atoms with Crippen LogP contribution in [-0.2, 0) is 6.42 Å². The Labute approximate surface area is 146 Å². The number of aromatic hydroxyl groups is 1. The van der Waals surface area contributed by atoms with Crippen molar-refractivity contribution >= 4 is 17.2 Å². The number of aromatic nitrogens is 1. The molecule has 1 N–H and O–H groups in total. The number of fused-ring (bicyclic) bond motifs is 1. The fourth-order valence-corrected chi connectivity index (χ4v) is 4.11. The van der Waals surface area contributed by atoms with Crippen LogP contribution in [0.15, 0.2) is 5.51 Å². The highest BCUT2D eigenvalue weighted by atomic mass is 32.1. The smallest absolute Gasteiger partial charge is 0.436 e. The third-order valence-corrected chi connectivity index (χ3v) is 6.36. The number of benzene rings is 1. The summed E-state index contributed by atoms with van der Waals surface area (Å²) < 4.78 is 7.98. The first-order valence-electron chi connectivity index (χ1n) is 8.19. The maximum absolute atomic E-state index is 13.1. The van der Waals surface area contributed by atoms with Crippen LogP contribution in [0.4, 0.5) is 0 Å². The molecule has 0 fully saturated rings. The summed E-state index contributed by atoms with van der Waals surface area (Å²) in [6.45, 7) is 11.6. The number of phenols is 1. The maximum Gasteiger partial charge on any atom is 0.436 e. The second-order valence-corrected chi connectivity index (χ2v) is 7.96. The van der Waals surface area contributed by atoms with Crippen molar-refractivity contribution in [2.45, 2.75) is 60.0 Å². The molecular weight excluding hydrogens is 322 g/mol. The molecule has 128 valence electrons. The Morgan fingerprint density at radius 2 is 1.88 bits per heavy atom. The number of nitrogens with zero attached hydrogens (tertiary/aromatic N) is 1. The van der Waals surface area contributed by atoms with E-state index in [0.717, 1.165) is 45.0 Å². The lowest BCUT2D eigenvalue weighted by atomic mass is 9.86. The predicted octanol–water partition coefficient (Wildman–Crippen LogP) is 3.71. The van der Waals surface area contributed by atoms with E-state index in [-0.39, 0.29) is 5.91 Å². The Balaban J connectivity index is 2.06. The lowest BCUT2D eigenvalue weighted by molar-refractivity contribution is -0.582. The Morgan fingerprint density at radius 3 is 2.46 bits per heavy atom. The van der Waals surface area contributed by atoms with Crippen LogP contribution in [-0.4, -0.2) is 16.6 Å². The molecule has 1 unspecified atom stereocenters. The van der Waals surface area contributed by atoms with Gasteiger partial charge in [-0.3, -0.25) is 0 Å². The maximum atomic E-state index is 13.1. The zero-order valence-electron chi connectivity index (χ0n) is 15.1. The number of thiazole rings is 1. The molecular formula is C19H24NO3S+. The van der Waals surface area contributed by atoms with Crippen LogP contribution in [0.25, 0.3) is 0 Å². The summed E-state index contributed by atoms with van der Waals surface area (Å²) in [5.41, 5.74) is 5.54. The van der Waals surface area contributed by atoms with E-state index < -0.39 is 5.60 Å². The van der Waals surface area contributed by atoms with Gasteiger partial charge >= 0.3 is 5.91 Å². The Morgan fingerprint density at radius 1 is 1.21 bits per heavy atom. The van der Waals surface area contributed by atoms with Gasteiger partial charge in [0.25, 0.3) is 0 Å². The third kappa shape index (κ3) is 2.34. The molecule has 5 heteroatoms. The molecule has 2 aromatic rings. The molecule has 24 heavy (non-hydrogen) atoms. The van der Waals surface area contributed by atoms with Crippen molar-refractivity contribution in [2.24, 2.45) is 0 Å². The first-order valence-corrected chi connectivity index (χ1v) is 9.07. The third-order valence-electron chi connectivity index (χ3n) is 5.40. The minimum Gasteiger partial charge on any atom is -0.507 e. The van der Waals surface area contributed by atoms with Crippen molar-refractivity contribution in [2.75, 3.05) is 0 Å². The summed E-state index contributed by atoms with van der Waals surface area (Å²) in [7, 11) is 0. The largest absolute Gasteiger partial charge is 0.507 e. The molecule has 0 radical (unpaired) electrons. The van der Waals surface area contributed by atoms with Crippen LogP contribution in [0.1, 0.15) is 51.0 Å². The van der Waals surface area contributed by atoms with Crippen molar-refractivity contribution in [3.8, 4) is 11.5 Å². The lowest BCUT2D eigenvalue weighted by Crippen LogP contribution is -2.59. The topological polar surface area (TPSA) is 50.4 Å². The fraction of sp³-hybridized carbons (Fsp3) is 0.474. The van der Waals surface area contributed by atoms with Crippen molar-refractivity contribution in [1.82, 2.24) is 0 Å². The van der Waals surface area contributed by atoms with Crippen molar-refractivity contribution in [3.05, 3.63) is 38.3 Å². The number of hydrogen-bond acceptors (Lipinski definition) is 4. The molecule has 0 amide bonds. The number of phenolic OH excluding ortho intramolecular Hbond substituents is 1. The summed E-state index contributed by atoms with van der Waals surface area (Å²) in [4.78, 5) is 14.2. The van der Waals surface area contributed by atoms with Crippen LogP contribution < -0.4 is 9.30 Å². The van der Waals surface area contributed by atoms with Crippen LogP contribution >= 0.6 is 11.3 Å².